The van der Waals surface area contributed by atoms with Crippen LogP contribution in [0.25, 0.3) is 0 Å². The van der Waals surface area contributed by atoms with Crippen molar-refractivity contribution in [2.45, 2.75) is 65.1 Å². The number of amides is 2. The summed E-state index contributed by atoms with van der Waals surface area (Å²) in [4.78, 5) is 25.8. The van der Waals surface area contributed by atoms with Crippen LogP contribution in [-0.4, -0.2) is 53.2 Å². The molecule has 1 fully saturated rings. The lowest BCUT2D eigenvalue weighted by atomic mass is 9.74. The molecule has 21 heavy (non-hydrogen) atoms. The van der Waals surface area contributed by atoms with Gasteiger partial charge in [0.15, 0.2) is 0 Å². The van der Waals surface area contributed by atoms with Gasteiger partial charge in [0.05, 0.1) is 11.0 Å². The molecule has 0 spiro atoms. The number of carbonyl (C=O) groups excluding carboxylic acids is 1. The summed E-state index contributed by atoms with van der Waals surface area (Å²) in [5, 5.41) is 15.1. The Balaban J connectivity index is 2.59. The molecule has 1 aliphatic rings. The van der Waals surface area contributed by atoms with Gasteiger partial charge in [-0.15, -0.1) is 0 Å². The van der Waals surface area contributed by atoms with Crippen molar-refractivity contribution in [2.75, 3.05) is 13.6 Å². The van der Waals surface area contributed by atoms with Crippen molar-refractivity contribution in [2.24, 2.45) is 5.41 Å². The Morgan fingerprint density at radius 1 is 1.24 bits per heavy atom. The number of nitrogens with zero attached hydrogens (tertiary/aromatic N) is 1. The largest absolute Gasteiger partial charge is 0.481 e. The van der Waals surface area contributed by atoms with E-state index >= 15 is 0 Å². The van der Waals surface area contributed by atoms with Gasteiger partial charge in [0.2, 0.25) is 0 Å². The van der Waals surface area contributed by atoms with Gasteiger partial charge in [0.25, 0.3) is 0 Å². The van der Waals surface area contributed by atoms with Crippen LogP contribution in [0.2, 0.25) is 0 Å². The summed E-state index contributed by atoms with van der Waals surface area (Å²) in [6.45, 7) is 9.80. The molecule has 2 atom stereocenters. The summed E-state index contributed by atoms with van der Waals surface area (Å²) in [5.74, 6) is -0.930. The quantitative estimate of drug-likeness (QED) is 0.737. The number of hydrogen-bond acceptors (Lipinski definition) is 3. The van der Waals surface area contributed by atoms with Crippen LogP contribution < -0.4 is 10.6 Å². The van der Waals surface area contributed by atoms with Crippen molar-refractivity contribution in [3.05, 3.63) is 0 Å². The van der Waals surface area contributed by atoms with Crippen LogP contribution in [0.5, 0.6) is 0 Å². The number of carboxylic acid groups (broad SMARTS) is 1. The molecule has 0 aromatic rings. The lowest BCUT2D eigenvalue weighted by Gasteiger charge is -2.40. The zero-order valence-corrected chi connectivity index (χ0v) is 14.0. The number of carboxylic acids is 1. The summed E-state index contributed by atoms with van der Waals surface area (Å²) >= 11 is 0. The van der Waals surface area contributed by atoms with Gasteiger partial charge < -0.3 is 20.6 Å². The average molecular weight is 299 g/mol. The molecule has 1 saturated heterocycles. The number of hydrogen-bond donors (Lipinski definition) is 3. The Morgan fingerprint density at radius 3 is 2.29 bits per heavy atom. The number of likely N-dealkylation sites (tertiary alicyclic amines) is 1. The molecule has 0 saturated carbocycles. The first-order valence-electron chi connectivity index (χ1n) is 7.49. The van der Waals surface area contributed by atoms with E-state index in [0.29, 0.717) is 6.04 Å². The molecule has 0 bridgehead atoms. The summed E-state index contributed by atoms with van der Waals surface area (Å²) in [6, 6.07) is 0.281. The lowest BCUT2D eigenvalue weighted by molar-refractivity contribution is -0.150. The Morgan fingerprint density at radius 2 is 1.81 bits per heavy atom. The molecule has 1 rings (SSSR count). The van der Waals surface area contributed by atoms with E-state index in [-0.39, 0.29) is 12.1 Å². The lowest BCUT2D eigenvalue weighted by Crippen LogP contribution is -2.60. The topological polar surface area (TPSA) is 81.7 Å². The van der Waals surface area contributed by atoms with Gasteiger partial charge in [-0.05, 0) is 54.5 Å². The highest BCUT2D eigenvalue weighted by molar-refractivity contribution is 5.79. The van der Waals surface area contributed by atoms with E-state index in [2.05, 4.69) is 29.5 Å². The third-order valence-corrected chi connectivity index (χ3v) is 5.07. The summed E-state index contributed by atoms with van der Waals surface area (Å²) in [5.41, 5.74) is -1.90. The Hall–Kier alpha value is -1.30. The smallest absolute Gasteiger partial charge is 0.315 e. The van der Waals surface area contributed by atoms with E-state index in [4.69, 9.17) is 0 Å². The molecule has 0 aromatic carbocycles. The van der Waals surface area contributed by atoms with Crippen molar-refractivity contribution in [3.8, 4) is 0 Å². The normalized spacial score (nSPS) is 24.5. The maximum Gasteiger partial charge on any atom is 0.315 e. The fourth-order valence-corrected chi connectivity index (χ4v) is 2.35. The number of nitrogens with one attached hydrogen (secondary N) is 2. The average Bonchev–Trinajstić information content (AvgIpc) is 2.32. The minimum atomic E-state index is -1.05. The molecule has 1 aliphatic heterocycles. The third-order valence-electron chi connectivity index (χ3n) is 5.07. The molecule has 122 valence electrons. The van der Waals surface area contributed by atoms with Crippen molar-refractivity contribution >= 4 is 12.0 Å². The van der Waals surface area contributed by atoms with E-state index in [1.54, 1.807) is 27.7 Å². The van der Waals surface area contributed by atoms with Crippen LogP contribution in [0.15, 0.2) is 0 Å². The van der Waals surface area contributed by atoms with Gasteiger partial charge in [0, 0.05) is 18.6 Å². The molecule has 1 heterocycles. The standard InChI is InChI=1S/C15H29N3O3/c1-10-9-11(7-8-18(10)6)16-13(21)17-15(4,5)14(2,3)12(19)20/h10-11H,7-9H2,1-6H3,(H,19,20)(H2,16,17,21). The minimum absolute atomic E-state index is 0.139. The predicted molar refractivity (Wildman–Crippen MR) is 82.3 cm³/mol. The van der Waals surface area contributed by atoms with Crippen molar-refractivity contribution in [3.63, 3.8) is 0 Å². The Bertz CT molecular complexity index is 407. The van der Waals surface area contributed by atoms with Gasteiger partial charge in [0.1, 0.15) is 0 Å². The van der Waals surface area contributed by atoms with Crippen LogP contribution in [-0.2, 0) is 4.79 Å². The third kappa shape index (κ3) is 4.09. The van der Waals surface area contributed by atoms with Gasteiger partial charge in [-0.3, -0.25) is 4.79 Å². The van der Waals surface area contributed by atoms with Crippen LogP contribution in [0, 0.1) is 5.41 Å². The molecule has 6 heteroatoms. The maximum absolute atomic E-state index is 12.2. The number of urea groups is 1. The SMILES string of the molecule is CC1CC(NC(=O)NC(C)(C)C(C)(C)C(=O)O)CCN1C. The van der Waals surface area contributed by atoms with Crippen molar-refractivity contribution < 1.29 is 14.7 Å². The van der Waals surface area contributed by atoms with Crippen LogP contribution in [0.3, 0.4) is 0 Å². The highest BCUT2D eigenvalue weighted by atomic mass is 16.4. The fraction of sp³-hybridized carbons (Fsp3) is 0.867. The van der Waals surface area contributed by atoms with E-state index < -0.39 is 16.9 Å². The van der Waals surface area contributed by atoms with E-state index in [9.17, 15) is 14.7 Å². The second kappa shape index (κ2) is 6.22. The number of carbonyl (C=O) groups is 2. The first-order chi connectivity index (χ1) is 9.47. The molecule has 2 unspecified atom stereocenters. The van der Waals surface area contributed by atoms with Gasteiger partial charge in [-0.1, -0.05) is 0 Å². The Kier molecular flexibility index (Phi) is 5.25. The summed E-state index contributed by atoms with van der Waals surface area (Å²) in [6.07, 6.45) is 1.82. The molecule has 0 aliphatic carbocycles. The van der Waals surface area contributed by atoms with E-state index in [1.807, 2.05) is 0 Å². The number of aliphatic carboxylic acids is 1. The van der Waals surface area contributed by atoms with Crippen LogP contribution in [0.4, 0.5) is 4.79 Å². The number of piperidine rings is 1. The molecule has 2 amide bonds. The molecule has 0 radical (unpaired) electrons. The predicted octanol–water partition coefficient (Wildman–Crippen LogP) is 1.66. The zero-order valence-electron chi connectivity index (χ0n) is 14.0. The highest BCUT2D eigenvalue weighted by Crippen LogP contribution is 2.30. The fourth-order valence-electron chi connectivity index (χ4n) is 2.35. The van der Waals surface area contributed by atoms with Crippen LogP contribution >= 0.6 is 0 Å². The van der Waals surface area contributed by atoms with E-state index in [1.165, 1.54) is 0 Å². The minimum Gasteiger partial charge on any atom is -0.481 e. The van der Waals surface area contributed by atoms with Gasteiger partial charge >= 0.3 is 12.0 Å². The van der Waals surface area contributed by atoms with E-state index in [0.717, 1.165) is 19.4 Å². The Labute approximate surface area is 127 Å². The van der Waals surface area contributed by atoms with Gasteiger partial charge in [-0.25, -0.2) is 4.79 Å². The maximum atomic E-state index is 12.2. The van der Waals surface area contributed by atoms with Gasteiger partial charge in [-0.2, -0.15) is 0 Å². The molecular weight excluding hydrogens is 270 g/mol. The van der Waals surface area contributed by atoms with Crippen molar-refractivity contribution in [1.82, 2.24) is 15.5 Å². The first-order valence-corrected chi connectivity index (χ1v) is 7.49. The number of rotatable bonds is 4. The second-order valence-electron chi connectivity index (χ2n) is 7.20. The molecular formula is C15H29N3O3. The zero-order chi connectivity index (χ0) is 16.4. The molecule has 3 N–H and O–H groups in total. The first kappa shape index (κ1) is 17.8. The summed E-state index contributed by atoms with van der Waals surface area (Å²) in [7, 11) is 2.08. The second-order valence-corrected chi connectivity index (χ2v) is 7.20. The van der Waals surface area contributed by atoms with Crippen LogP contribution in [0.1, 0.15) is 47.5 Å². The molecule has 0 aromatic heterocycles. The van der Waals surface area contributed by atoms with Crippen molar-refractivity contribution in [1.29, 1.82) is 0 Å². The summed E-state index contributed by atoms with van der Waals surface area (Å²) < 4.78 is 0. The molecule has 6 nitrogen and oxygen atoms in total. The monoisotopic (exact) mass is 299 g/mol. The highest BCUT2D eigenvalue weighted by Gasteiger charge is 2.44.